The Morgan fingerprint density at radius 3 is 2.65 bits per heavy atom. The van der Waals surface area contributed by atoms with Gasteiger partial charge in [0.1, 0.15) is 5.75 Å². The first-order valence-corrected chi connectivity index (χ1v) is 6.24. The molecule has 1 aromatic rings. The van der Waals surface area contributed by atoms with Crippen molar-refractivity contribution in [2.24, 2.45) is 0 Å². The summed E-state index contributed by atoms with van der Waals surface area (Å²) in [6.07, 6.45) is 2.08. The number of aliphatic hydroxyl groups excluding tert-OH is 1. The van der Waals surface area contributed by atoms with Crippen LogP contribution in [0.4, 0.5) is 0 Å². The largest absolute Gasteiger partial charge is 0.489 e. The minimum absolute atomic E-state index is 0.265. The SMILES string of the molecule is O=C(O)C(O)c1ccc(OC2CCC2)c(Br)c1. The van der Waals surface area contributed by atoms with Crippen LogP contribution in [0.15, 0.2) is 22.7 Å². The predicted molar refractivity (Wildman–Crippen MR) is 65.0 cm³/mol. The molecule has 4 nitrogen and oxygen atoms in total. The second-order valence-corrected chi connectivity index (χ2v) is 4.96. The van der Waals surface area contributed by atoms with Gasteiger partial charge < -0.3 is 14.9 Å². The van der Waals surface area contributed by atoms with Crippen LogP contribution in [0, 0.1) is 0 Å². The van der Waals surface area contributed by atoms with E-state index in [1.807, 2.05) is 0 Å². The summed E-state index contributed by atoms with van der Waals surface area (Å²) in [4.78, 5) is 10.6. The molecule has 0 heterocycles. The van der Waals surface area contributed by atoms with E-state index in [4.69, 9.17) is 9.84 Å². The van der Waals surface area contributed by atoms with Gasteiger partial charge in [0.05, 0.1) is 10.6 Å². The zero-order chi connectivity index (χ0) is 12.4. The van der Waals surface area contributed by atoms with E-state index in [0.717, 1.165) is 12.8 Å². The minimum Gasteiger partial charge on any atom is -0.489 e. The summed E-state index contributed by atoms with van der Waals surface area (Å²) in [7, 11) is 0. The standard InChI is InChI=1S/C12H13BrO4/c13-9-6-7(11(14)12(15)16)4-5-10(9)17-8-2-1-3-8/h4-6,8,11,14H,1-3H2,(H,15,16). The molecule has 17 heavy (non-hydrogen) atoms. The molecule has 0 radical (unpaired) electrons. The van der Waals surface area contributed by atoms with Gasteiger partial charge >= 0.3 is 5.97 Å². The number of halogens is 1. The van der Waals surface area contributed by atoms with Crippen molar-refractivity contribution in [1.82, 2.24) is 0 Å². The zero-order valence-corrected chi connectivity index (χ0v) is 10.7. The Morgan fingerprint density at radius 1 is 1.47 bits per heavy atom. The number of carboxylic acid groups (broad SMARTS) is 1. The fourth-order valence-corrected chi connectivity index (χ4v) is 2.08. The van der Waals surface area contributed by atoms with Crippen molar-refractivity contribution in [3.8, 4) is 5.75 Å². The number of ether oxygens (including phenoxy) is 1. The molecule has 2 rings (SSSR count). The summed E-state index contributed by atoms with van der Waals surface area (Å²) >= 11 is 3.32. The van der Waals surface area contributed by atoms with Gasteiger partial charge in [0.2, 0.25) is 0 Å². The number of carboxylic acids is 1. The van der Waals surface area contributed by atoms with E-state index in [2.05, 4.69) is 15.9 Å². The smallest absolute Gasteiger partial charge is 0.337 e. The van der Waals surface area contributed by atoms with Crippen LogP contribution in [0.3, 0.4) is 0 Å². The molecule has 1 aliphatic rings. The van der Waals surface area contributed by atoms with Crippen LogP contribution in [-0.4, -0.2) is 22.3 Å². The molecule has 5 heteroatoms. The van der Waals surface area contributed by atoms with Gasteiger partial charge in [-0.1, -0.05) is 6.07 Å². The second kappa shape index (κ2) is 5.06. The highest BCUT2D eigenvalue weighted by Gasteiger charge is 2.21. The summed E-state index contributed by atoms with van der Waals surface area (Å²) in [6.45, 7) is 0. The second-order valence-electron chi connectivity index (χ2n) is 4.10. The fraction of sp³-hybridized carbons (Fsp3) is 0.417. The van der Waals surface area contributed by atoms with Crippen LogP contribution in [0.1, 0.15) is 30.9 Å². The van der Waals surface area contributed by atoms with Crippen LogP contribution in [-0.2, 0) is 4.79 Å². The van der Waals surface area contributed by atoms with Gasteiger partial charge in [-0.2, -0.15) is 0 Å². The molecule has 0 aromatic heterocycles. The van der Waals surface area contributed by atoms with Gasteiger partial charge in [0.25, 0.3) is 0 Å². The molecule has 1 saturated carbocycles. The number of carbonyl (C=O) groups is 1. The molecule has 0 saturated heterocycles. The van der Waals surface area contributed by atoms with E-state index in [9.17, 15) is 9.90 Å². The van der Waals surface area contributed by atoms with Crippen LogP contribution in [0.2, 0.25) is 0 Å². The van der Waals surface area contributed by atoms with Gasteiger partial charge in [-0.05, 0) is 52.9 Å². The third kappa shape index (κ3) is 2.79. The minimum atomic E-state index is -1.50. The highest BCUT2D eigenvalue weighted by atomic mass is 79.9. The predicted octanol–water partition coefficient (Wildman–Crippen LogP) is 2.50. The average Bonchev–Trinajstić information content (AvgIpc) is 2.23. The lowest BCUT2D eigenvalue weighted by Crippen LogP contribution is -2.24. The normalized spacial score (nSPS) is 17.3. The first-order chi connectivity index (χ1) is 8.08. The molecule has 1 aromatic carbocycles. The van der Waals surface area contributed by atoms with Crippen LogP contribution >= 0.6 is 15.9 Å². The first kappa shape index (κ1) is 12.4. The fourth-order valence-electron chi connectivity index (χ4n) is 1.59. The van der Waals surface area contributed by atoms with Gasteiger partial charge in [-0.15, -0.1) is 0 Å². The maximum absolute atomic E-state index is 10.6. The van der Waals surface area contributed by atoms with E-state index in [1.165, 1.54) is 6.42 Å². The Hall–Kier alpha value is -1.07. The molecular weight excluding hydrogens is 288 g/mol. The van der Waals surface area contributed by atoms with Crippen LogP contribution < -0.4 is 4.74 Å². The highest BCUT2D eigenvalue weighted by Crippen LogP contribution is 2.32. The Balaban J connectivity index is 2.13. The van der Waals surface area contributed by atoms with Crippen molar-refractivity contribution in [2.75, 3.05) is 0 Å². The van der Waals surface area contributed by atoms with E-state index < -0.39 is 12.1 Å². The number of aliphatic carboxylic acids is 1. The number of benzene rings is 1. The zero-order valence-electron chi connectivity index (χ0n) is 9.10. The van der Waals surface area contributed by atoms with Crippen molar-refractivity contribution in [3.63, 3.8) is 0 Å². The van der Waals surface area contributed by atoms with Crippen LogP contribution in [0.25, 0.3) is 0 Å². The average molecular weight is 301 g/mol. The molecule has 0 aliphatic heterocycles. The summed E-state index contributed by atoms with van der Waals surface area (Å²) in [5, 5.41) is 18.1. The van der Waals surface area contributed by atoms with Crippen molar-refractivity contribution >= 4 is 21.9 Å². The molecule has 2 N–H and O–H groups in total. The lowest BCUT2D eigenvalue weighted by atomic mass is 9.96. The van der Waals surface area contributed by atoms with E-state index in [0.29, 0.717) is 15.8 Å². The third-order valence-corrected chi connectivity index (χ3v) is 3.47. The Labute approximate surface area is 107 Å². The maximum atomic E-state index is 10.6. The molecular formula is C12H13BrO4. The molecule has 92 valence electrons. The van der Waals surface area contributed by atoms with Crippen molar-refractivity contribution in [2.45, 2.75) is 31.5 Å². The quantitative estimate of drug-likeness (QED) is 0.896. The third-order valence-electron chi connectivity index (χ3n) is 2.85. The molecule has 1 atom stereocenters. The number of aliphatic hydroxyl groups is 1. The molecule has 1 fully saturated rings. The van der Waals surface area contributed by atoms with Gasteiger partial charge in [0, 0.05) is 0 Å². The van der Waals surface area contributed by atoms with Gasteiger partial charge in [-0.25, -0.2) is 4.79 Å². The summed E-state index contributed by atoms with van der Waals surface area (Å²) in [5.41, 5.74) is 0.338. The lowest BCUT2D eigenvalue weighted by molar-refractivity contribution is -0.146. The first-order valence-electron chi connectivity index (χ1n) is 5.45. The van der Waals surface area contributed by atoms with Crippen molar-refractivity contribution < 1.29 is 19.7 Å². The molecule has 1 aliphatic carbocycles. The van der Waals surface area contributed by atoms with E-state index >= 15 is 0 Å². The Morgan fingerprint density at radius 2 is 2.18 bits per heavy atom. The molecule has 1 unspecified atom stereocenters. The Kier molecular flexibility index (Phi) is 3.69. The van der Waals surface area contributed by atoms with Gasteiger partial charge in [-0.3, -0.25) is 0 Å². The molecule has 0 amide bonds. The monoisotopic (exact) mass is 300 g/mol. The van der Waals surface area contributed by atoms with Crippen molar-refractivity contribution in [1.29, 1.82) is 0 Å². The topological polar surface area (TPSA) is 66.8 Å². The highest BCUT2D eigenvalue weighted by molar-refractivity contribution is 9.10. The summed E-state index contributed by atoms with van der Waals surface area (Å²) in [6, 6.07) is 4.83. The number of hydrogen-bond donors (Lipinski definition) is 2. The van der Waals surface area contributed by atoms with E-state index in [1.54, 1.807) is 18.2 Å². The summed E-state index contributed by atoms with van der Waals surface area (Å²) in [5.74, 6) is -0.569. The molecule has 0 spiro atoms. The number of rotatable bonds is 4. The number of hydrogen-bond acceptors (Lipinski definition) is 3. The lowest BCUT2D eigenvalue weighted by Gasteiger charge is -2.27. The van der Waals surface area contributed by atoms with Crippen molar-refractivity contribution in [3.05, 3.63) is 28.2 Å². The Bertz CT molecular complexity index is 429. The summed E-state index contributed by atoms with van der Waals surface area (Å²) < 4.78 is 6.37. The molecule has 0 bridgehead atoms. The van der Waals surface area contributed by atoms with E-state index in [-0.39, 0.29) is 6.10 Å². The van der Waals surface area contributed by atoms with Crippen LogP contribution in [0.5, 0.6) is 5.75 Å². The van der Waals surface area contributed by atoms with Gasteiger partial charge in [0.15, 0.2) is 6.10 Å². The maximum Gasteiger partial charge on any atom is 0.337 e.